The standard InChI is InChI=1S/C14H9ClN6/c15-13-10-3-1-2-4-11(10)14(20-19-13)17-9-5-6-12-18-16-8-21(12)7-9/h1-8H,(H,17,20). The van der Waals surface area contributed by atoms with Crippen molar-refractivity contribution in [1.29, 1.82) is 0 Å². The molecule has 3 heterocycles. The van der Waals surface area contributed by atoms with E-state index in [-0.39, 0.29) is 0 Å². The van der Waals surface area contributed by atoms with Gasteiger partial charge in [-0.25, -0.2) is 0 Å². The normalized spacial score (nSPS) is 11.1. The van der Waals surface area contributed by atoms with Crippen molar-refractivity contribution in [2.45, 2.75) is 0 Å². The lowest BCUT2D eigenvalue weighted by molar-refractivity contribution is 1.05. The predicted molar refractivity (Wildman–Crippen MR) is 80.8 cm³/mol. The van der Waals surface area contributed by atoms with E-state index in [1.54, 1.807) is 6.33 Å². The number of nitrogens with one attached hydrogen (secondary N) is 1. The van der Waals surface area contributed by atoms with Crippen LogP contribution >= 0.6 is 11.6 Å². The molecular weight excluding hydrogens is 288 g/mol. The lowest BCUT2D eigenvalue weighted by Gasteiger charge is -2.08. The SMILES string of the molecule is Clc1nnc(Nc2ccc3nncn3c2)c2ccccc12. The number of benzene rings is 1. The second-order valence-corrected chi connectivity index (χ2v) is 4.88. The third-order valence-corrected chi connectivity index (χ3v) is 3.48. The molecule has 4 aromatic rings. The Morgan fingerprint density at radius 3 is 2.71 bits per heavy atom. The van der Waals surface area contributed by atoms with Crippen LogP contribution in [0.2, 0.25) is 5.15 Å². The van der Waals surface area contributed by atoms with Crippen LogP contribution in [0.1, 0.15) is 0 Å². The second-order valence-electron chi connectivity index (χ2n) is 4.52. The van der Waals surface area contributed by atoms with E-state index in [1.165, 1.54) is 0 Å². The van der Waals surface area contributed by atoms with E-state index >= 15 is 0 Å². The molecule has 7 heteroatoms. The number of hydrogen-bond acceptors (Lipinski definition) is 5. The van der Waals surface area contributed by atoms with Crippen molar-refractivity contribution in [3.8, 4) is 0 Å². The fraction of sp³-hybridized carbons (Fsp3) is 0. The van der Waals surface area contributed by atoms with Gasteiger partial charge in [0.1, 0.15) is 6.33 Å². The van der Waals surface area contributed by atoms with Gasteiger partial charge in [0.25, 0.3) is 0 Å². The topological polar surface area (TPSA) is 68.0 Å². The maximum Gasteiger partial charge on any atom is 0.161 e. The number of hydrogen-bond donors (Lipinski definition) is 1. The molecule has 0 aliphatic carbocycles. The highest BCUT2D eigenvalue weighted by Crippen LogP contribution is 2.27. The van der Waals surface area contributed by atoms with E-state index in [2.05, 4.69) is 25.7 Å². The molecule has 0 radical (unpaired) electrons. The minimum atomic E-state index is 0.394. The molecule has 21 heavy (non-hydrogen) atoms. The minimum Gasteiger partial charge on any atom is -0.337 e. The van der Waals surface area contributed by atoms with Crippen LogP contribution in [0, 0.1) is 0 Å². The molecule has 0 fully saturated rings. The molecule has 0 unspecified atom stereocenters. The quantitative estimate of drug-likeness (QED) is 0.616. The molecule has 0 amide bonds. The van der Waals surface area contributed by atoms with Gasteiger partial charge in [0.05, 0.1) is 5.69 Å². The first kappa shape index (κ1) is 12.0. The lowest BCUT2D eigenvalue weighted by Crippen LogP contribution is -1.98. The van der Waals surface area contributed by atoms with Crippen LogP contribution in [0.4, 0.5) is 11.5 Å². The van der Waals surface area contributed by atoms with Crippen molar-refractivity contribution in [1.82, 2.24) is 24.8 Å². The summed E-state index contributed by atoms with van der Waals surface area (Å²) in [5, 5.41) is 21.4. The molecule has 102 valence electrons. The molecule has 0 atom stereocenters. The Hall–Kier alpha value is -2.73. The fourth-order valence-corrected chi connectivity index (χ4v) is 2.40. The zero-order valence-corrected chi connectivity index (χ0v) is 11.5. The number of pyridine rings is 1. The third kappa shape index (κ3) is 2.05. The molecule has 0 aliphatic rings. The Balaban J connectivity index is 1.81. The van der Waals surface area contributed by atoms with Crippen molar-refractivity contribution >= 4 is 39.5 Å². The summed E-state index contributed by atoms with van der Waals surface area (Å²) >= 11 is 6.07. The molecule has 0 aliphatic heterocycles. The molecule has 3 aromatic heterocycles. The number of aromatic nitrogens is 5. The molecule has 1 N–H and O–H groups in total. The van der Waals surface area contributed by atoms with E-state index < -0.39 is 0 Å². The first-order valence-corrected chi connectivity index (χ1v) is 6.66. The molecule has 1 aromatic carbocycles. The summed E-state index contributed by atoms with van der Waals surface area (Å²) in [6, 6.07) is 11.5. The highest BCUT2D eigenvalue weighted by molar-refractivity contribution is 6.34. The number of anilines is 2. The van der Waals surface area contributed by atoms with Gasteiger partial charge in [0, 0.05) is 17.0 Å². The van der Waals surface area contributed by atoms with Crippen LogP contribution in [-0.2, 0) is 0 Å². The van der Waals surface area contributed by atoms with E-state index in [1.807, 2.05) is 47.0 Å². The Morgan fingerprint density at radius 1 is 0.952 bits per heavy atom. The van der Waals surface area contributed by atoms with E-state index in [4.69, 9.17) is 11.6 Å². The van der Waals surface area contributed by atoms with Crippen LogP contribution in [-0.4, -0.2) is 24.8 Å². The first-order chi connectivity index (χ1) is 10.3. The summed E-state index contributed by atoms with van der Waals surface area (Å²) in [5.41, 5.74) is 1.65. The average molecular weight is 297 g/mol. The summed E-state index contributed by atoms with van der Waals surface area (Å²) in [5.74, 6) is 0.655. The van der Waals surface area contributed by atoms with Crippen LogP contribution in [0.15, 0.2) is 48.9 Å². The summed E-state index contributed by atoms with van der Waals surface area (Å²) in [6.07, 6.45) is 3.53. The summed E-state index contributed by atoms with van der Waals surface area (Å²) in [6.45, 7) is 0. The Labute approximate surface area is 124 Å². The number of rotatable bonds is 2. The molecular formula is C14H9ClN6. The van der Waals surface area contributed by atoms with Gasteiger partial charge >= 0.3 is 0 Å². The van der Waals surface area contributed by atoms with Gasteiger partial charge in [-0.3, -0.25) is 4.40 Å². The number of halogens is 1. The Morgan fingerprint density at radius 2 is 1.81 bits per heavy atom. The first-order valence-electron chi connectivity index (χ1n) is 6.28. The maximum absolute atomic E-state index is 6.07. The summed E-state index contributed by atoms with van der Waals surface area (Å²) in [4.78, 5) is 0. The zero-order valence-electron chi connectivity index (χ0n) is 10.7. The highest BCUT2D eigenvalue weighted by atomic mass is 35.5. The van der Waals surface area contributed by atoms with Crippen LogP contribution in [0.5, 0.6) is 0 Å². The maximum atomic E-state index is 6.07. The second kappa shape index (κ2) is 4.68. The predicted octanol–water partition coefficient (Wildman–Crippen LogP) is 3.07. The average Bonchev–Trinajstić information content (AvgIpc) is 2.98. The molecule has 0 saturated carbocycles. The minimum absolute atomic E-state index is 0.394. The smallest absolute Gasteiger partial charge is 0.161 e. The Bertz CT molecular complexity index is 948. The van der Waals surface area contributed by atoms with E-state index in [0.29, 0.717) is 11.0 Å². The zero-order chi connectivity index (χ0) is 14.2. The van der Waals surface area contributed by atoms with Gasteiger partial charge in [0.15, 0.2) is 16.6 Å². The van der Waals surface area contributed by atoms with Gasteiger partial charge in [-0.05, 0) is 12.1 Å². The van der Waals surface area contributed by atoms with Gasteiger partial charge in [-0.1, -0.05) is 35.9 Å². The summed E-state index contributed by atoms with van der Waals surface area (Å²) < 4.78 is 1.83. The fourth-order valence-electron chi connectivity index (χ4n) is 2.20. The molecule has 0 spiro atoms. The van der Waals surface area contributed by atoms with Crippen LogP contribution < -0.4 is 5.32 Å². The highest BCUT2D eigenvalue weighted by Gasteiger charge is 2.08. The van der Waals surface area contributed by atoms with Crippen LogP contribution in [0.3, 0.4) is 0 Å². The van der Waals surface area contributed by atoms with Crippen molar-refractivity contribution in [3.63, 3.8) is 0 Å². The lowest BCUT2D eigenvalue weighted by atomic mass is 10.2. The largest absolute Gasteiger partial charge is 0.337 e. The third-order valence-electron chi connectivity index (χ3n) is 3.20. The van der Waals surface area contributed by atoms with Crippen molar-refractivity contribution in [3.05, 3.63) is 54.1 Å². The van der Waals surface area contributed by atoms with Gasteiger partial charge in [-0.15, -0.1) is 20.4 Å². The Kier molecular flexibility index (Phi) is 2.68. The monoisotopic (exact) mass is 296 g/mol. The number of nitrogens with zero attached hydrogens (tertiary/aromatic N) is 5. The van der Waals surface area contributed by atoms with Gasteiger partial charge in [-0.2, -0.15) is 0 Å². The molecule has 0 saturated heterocycles. The van der Waals surface area contributed by atoms with Gasteiger partial charge < -0.3 is 5.32 Å². The molecule has 6 nitrogen and oxygen atoms in total. The van der Waals surface area contributed by atoms with Gasteiger partial charge in [0.2, 0.25) is 0 Å². The number of fused-ring (bicyclic) bond motifs is 2. The van der Waals surface area contributed by atoms with Crippen LogP contribution in [0.25, 0.3) is 16.4 Å². The van der Waals surface area contributed by atoms with E-state index in [0.717, 1.165) is 22.1 Å². The molecule has 0 bridgehead atoms. The van der Waals surface area contributed by atoms with E-state index in [9.17, 15) is 0 Å². The summed E-state index contributed by atoms with van der Waals surface area (Å²) in [7, 11) is 0. The van der Waals surface area contributed by atoms with Crippen molar-refractivity contribution in [2.24, 2.45) is 0 Å². The van der Waals surface area contributed by atoms with Crippen molar-refractivity contribution < 1.29 is 0 Å². The van der Waals surface area contributed by atoms with Crippen molar-refractivity contribution in [2.75, 3.05) is 5.32 Å². The molecule has 4 rings (SSSR count).